The molecule has 0 saturated heterocycles. The molecular formula is C26H25N3O3. The fraction of sp³-hybridized carbons (Fsp3) is 0.231. The number of Topliss-reactive ketones (excluding diaryl/α,β-unsaturated/α-hetero) is 1. The van der Waals surface area contributed by atoms with Gasteiger partial charge >= 0.3 is 5.97 Å². The zero-order valence-corrected chi connectivity index (χ0v) is 18.2. The maximum absolute atomic E-state index is 12.5. The van der Waals surface area contributed by atoms with E-state index in [1.54, 1.807) is 18.6 Å². The highest BCUT2D eigenvalue weighted by Crippen LogP contribution is 2.26. The quantitative estimate of drug-likeness (QED) is 0.550. The van der Waals surface area contributed by atoms with Crippen LogP contribution >= 0.6 is 0 Å². The van der Waals surface area contributed by atoms with Crippen molar-refractivity contribution in [3.8, 4) is 0 Å². The Balaban J connectivity index is 1.40. The molecule has 0 bridgehead atoms. The molecule has 0 atom stereocenters. The van der Waals surface area contributed by atoms with E-state index in [4.69, 9.17) is 4.74 Å². The largest absolute Gasteiger partial charge is 0.466 e. The molecule has 1 N–H and O–H groups in total. The minimum absolute atomic E-state index is 0.164. The molecule has 1 aromatic carbocycles. The summed E-state index contributed by atoms with van der Waals surface area (Å²) in [5.41, 5.74) is 7.52. The number of ketones is 1. The number of hydrogen-bond donors (Lipinski definition) is 1. The van der Waals surface area contributed by atoms with Crippen molar-refractivity contribution >= 4 is 23.5 Å². The minimum Gasteiger partial charge on any atom is -0.466 e. The lowest BCUT2D eigenvalue weighted by molar-refractivity contribution is -0.136. The summed E-state index contributed by atoms with van der Waals surface area (Å²) in [5.74, 6) is -0.153. The molecule has 0 amide bonds. The predicted octanol–water partition coefficient (Wildman–Crippen LogP) is 3.86. The highest BCUT2D eigenvalue weighted by atomic mass is 16.5. The van der Waals surface area contributed by atoms with Crippen LogP contribution in [0.25, 0.3) is 6.08 Å². The van der Waals surface area contributed by atoms with Crippen LogP contribution in [0.3, 0.4) is 0 Å². The first-order valence-electron chi connectivity index (χ1n) is 10.5. The van der Waals surface area contributed by atoms with Crippen molar-refractivity contribution in [2.24, 2.45) is 0 Å². The number of benzene rings is 1. The second-order valence-corrected chi connectivity index (χ2v) is 7.97. The first-order chi connectivity index (χ1) is 15.5. The third kappa shape index (κ3) is 5.09. The molecule has 0 saturated carbocycles. The molecule has 6 nitrogen and oxygen atoms in total. The van der Waals surface area contributed by atoms with Gasteiger partial charge in [-0.1, -0.05) is 24.3 Å². The lowest BCUT2D eigenvalue weighted by Gasteiger charge is -2.12. The molecule has 0 radical (unpaired) electrons. The summed E-state index contributed by atoms with van der Waals surface area (Å²) in [4.78, 5) is 32.8. The SMILES string of the molecule is COC(=O)C1=Cc2cc(NCc3cc(CC(=O)Cc4cccnc4)ccc3C)cnc2C1. The summed E-state index contributed by atoms with van der Waals surface area (Å²) in [7, 11) is 1.38. The number of nitrogens with zero attached hydrogens (tertiary/aromatic N) is 2. The van der Waals surface area contributed by atoms with E-state index in [0.29, 0.717) is 31.4 Å². The third-order valence-corrected chi connectivity index (χ3v) is 5.56. The van der Waals surface area contributed by atoms with Crippen molar-refractivity contribution in [1.29, 1.82) is 0 Å². The Morgan fingerprint density at radius 3 is 2.72 bits per heavy atom. The van der Waals surface area contributed by atoms with Crippen LogP contribution in [0.2, 0.25) is 0 Å². The number of hydrogen-bond acceptors (Lipinski definition) is 6. The van der Waals surface area contributed by atoms with Crippen LogP contribution in [-0.4, -0.2) is 28.8 Å². The molecule has 0 unspecified atom stereocenters. The van der Waals surface area contributed by atoms with E-state index in [2.05, 4.69) is 34.3 Å². The van der Waals surface area contributed by atoms with Crippen molar-refractivity contribution in [2.45, 2.75) is 32.7 Å². The smallest absolute Gasteiger partial charge is 0.334 e. The highest BCUT2D eigenvalue weighted by Gasteiger charge is 2.20. The van der Waals surface area contributed by atoms with Crippen molar-refractivity contribution in [3.05, 3.63) is 94.1 Å². The summed E-state index contributed by atoms with van der Waals surface area (Å²) in [6, 6.07) is 11.9. The zero-order chi connectivity index (χ0) is 22.5. The number of anilines is 1. The molecule has 2 heterocycles. The van der Waals surface area contributed by atoms with Crippen molar-refractivity contribution in [1.82, 2.24) is 9.97 Å². The molecule has 0 aliphatic heterocycles. The number of ether oxygens (including phenoxy) is 1. The van der Waals surface area contributed by atoms with Crippen LogP contribution in [0.15, 0.2) is 60.6 Å². The topological polar surface area (TPSA) is 81.2 Å². The lowest BCUT2D eigenvalue weighted by atomic mass is 9.99. The monoisotopic (exact) mass is 427 g/mol. The number of aryl methyl sites for hydroxylation is 1. The van der Waals surface area contributed by atoms with Crippen LogP contribution in [0.1, 0.15) is 33.5 Å². The third-order valence-electron chi connectivity index (χ3n) is 5.56. The number of esters is 1. The van der Waals surface area contributed by atoms with E-state index < -0.39 is 0 Å². The van der Waals surface area contributed by atoms with Crippen molar-refractivity contribution in [2.75, 3.05) is 12.4 Å². The summed E-state index contributed by atoms with van der Waals surface area (Å²) in [6.45, 7) is 2.68. The molecule has 3 aromatic rings. The molecular weight excluding hydrogens is 402 g/mol. The Kier molecular flexibility index (Phi) is 6.40. The highest BCUT2D eigenvalue weighted by molar-refractivity contribution is 5.96. The maximum atomic E-state index is 12.5. The number of aromatic nitrogens is 2. The van der Waals surface area contributed by atoms with E-state index in [0.717, 1.165) is 39.2 Å². The normalized spacial score (nSPS) is 12.1. The maximum Gasteiger partial charge on any atom is 0.334 e. The van der Waals surface area contributed by atoms with Gasteiger partial charge in [0.05, 0.1) is 24.7 Å². The van der Waals surface area contributed by atoms with Crippen LogP contribution in [0.5, 0.6) is 0 Å². The van der Waals surface area contributed by atoms with Gasteiger partial charge in [-0.3, -0.25) is 14.8 Å². The number of carbonyl (C=O) groups excluding carboxylic acids is 2. The first kappa shape index (κ1) is 21.4. The number of fused-ring (bicyclic) bond motifs is 1. The van der Waals surface area contributed by atoms with Crippen LogP contribution < -0.4 is 5.32 Å². The summed E-state index contributed by atoms with van der Waals surface area (Å²) in [6.07, 6.45) is 8.33. The van der Waals surface area contributed by atoms with Gasteiger partial charge in [0.1, 0.15) is 5.78 Å². The molecule has 1 aliphatic carbocycles. The Morgan fingerprint density at radius 2 is 1.94 bits per heavy atom. The number of rotatable bonds is 8. The zero-order valence-electron chi connectivity index (χ0n) is 18.2. The first-order valence-corrected chi connectivity index (χ1v) is 10.5. The van der Waals surface area contributed by atoms with Gasteiger partial charge < -0.3 is 10.1 Å². The molecule has 0 fully saturated rings. The van der Waals surface area contributed by atoms with E-state index >= 15 is 0 Å². The molecule has 162 valence electrons. The van der Waals surface area contributed by atoms with Gasteiger partial charge in [-0.05, 0) is 52.9 Å². The van der Waals surface area contributed by atoms with Gasteiger partial charge in [0.25, 0.3) is 0 Å². The average molecular weight is 428 g/mol. The number of nitrogens with one attached hydrogen (secondary N) is 1. The molecule has 32 heavy (non-hydrogen) atoms. The second kappa shape index (κ2) is 9.56. The van der Waals surface area contributed by atoms with E-state index in [-0.39, 0.29) is 11.8 Å². The summed E-state index contributed by atoms with van der Waals surface area (Å²) < 4.78 is 4.81. The Labute approximate surface area is 187 Å². The fourth-order valence-corrected chi connectivity index (χ4v) is 3.80. The summed E-state index contributed by atoms with van der Waals surface area (Å²) in [5, 5.41) is 3.41. The fourth-order valence-electron chi connectivity index (χ4n) is 3.80. The van der Waals surface area contributed by atoms with E-state index in [1.165, 1.54) is 7.11 Å². The van der Waals surface area contributed by atoms with Crippen molar-refractivity contribution < 1.29 is 14.3 Å². The van der Waals surface area contributed by atoms with Crippen LogP contribution in [0.4, 0.5) is 5.69 Å². The van der Waals surface area contributed by atoms with Gasteiger partial charge in [0, 0.05) is 43.8 Å². The Bertz CT molecular complexity index is 1190. The van der Waals surface area contributed by atoms with Gasteiger partial charge in [-0.2, -0.15) is 0 Å². The predicted molar refractivity (Wildman–Crippen MR) is 123 cm³/mol. The van der Waals surface area contributed by atoms with Gasteiger partial charge in [-0.25, -0.2) is 4.79 Å². The van der Waals surface area contributed by atoms with Crippen molar-refractivity contribution in [3.63, 3.8) is 0 Å². The van der Waals surface area contributed by atoms with Gasteiger partial charge in [0.2, 0.25) is 0 Å². The molecule has 0 spiro atoms. The minimum atomic E-state index is -0.317. The number of carbonyl (C=O) groups is 2. The molecule has 6 heteroatoms. The van der Waals surface area contributed by atoms with Crippen LogP contribution in [0, 0.1) is 6.92 Å². The van der Waals surface area contributed by atoms with Gasteiger partial charge in [0.15, 0.2) is 0 Å². The molecule has 2 aromatic heterocycles. The Morgan fingerprint density at radius 1 is 1.09 bits per heavy atom. The van der Waals surface area contributed by atoms with E-state index in [1.807, 2.05) is 30.3 Å². The lowest BCUT2D eigenvalue weighted by Crippen LogP contribution is -2.08. The van der Waals surface area contributed by atoms with E-state index in [9.17, 15) is 9.59 Å². The average Bonchev–Trinajstić information content (AvgIpc) is 3.23. The standard InChI is InChI=1S/C26H25N3O3/c1-17-5-6-18(9-24(30)10-19-4-3-7-27-14-19)8-22(17)15-28-23-12-20-11-21(26(31)32-2)13-25(20)29-16-23/h3-8,11-12,14,16,28H,9-10,13,15H2,1-2H3. The second-order valence-electron chi connectivity index (χ2n) is 7.97. The van der Waals surface area contributed by atoms with Crippen LogP contribution in [-0.2, 0) is 40.1 Å². The summed E-state index contributed by atoms with van der Waals surface area (Å²) >= 11 is 0. The number of pyridine rings is 2. The molecule has 1 aliphatic rings. The molecule has 4 rings (SSSR count). The van der Waals surface area contributed by atoms with Gasteiger partial charge in [-0.15, -0.1) is 0 Å². The Hall–Kier alpha value is -3.80. The number of methoxy groups -OCH3 is 1.